The van der Waals surface area contributed by atoms with Gasteiger partial charge >= 0.3 is 0 Å². The molecule has 0 saturated heterocycles. The smallest absolute Gasteiger partial charge is 0.267 e. The van der Waals surface area contributed by atoms with Crippen LogP contribution in [0.1, 0.15) is 18.6 Å². The molecule has 0 N–H and O–H groups in total. The van der Waals surface area contributed by atoms with Crippen molar-refractivity contribution in [2.24, 2.45) is 7.05 Å². The summed E-state index contributed by atoms with van der Waals surface area (Å²) in [5, 5.41) is 4.61. The lowest BCUT2D eigenvalue weighted by Crippen LogP contribution is -2.19. The highest BCUT2D eigenvalue weighted by atomic mass is 16.5. The molecule has 5 nitrogen and oxygen atoms in total. The molecular weight excluding hydrogens is 388 g/mol. The van der Waals surface area contributed by atoms with E-state index in [2.05, 4.69) is 5.10 Å². The zero-order valence-electron chi connectivity index (χ0n) is 17.8. The highest BCUT2D eigenvalue weighted by molar-refractivity contribution is 5.83. The predicted molar refractivity (Wildman–Crippen MR) is 122 cm³/mol. The van der Waals surface area contributed by atoms with Crippen LogP contribution in [0.15, 0.2) is 89.7 Å². The number of para-hydroxylation sites is 2. The minimum atomic E-state index is -0.176. The van der Waals surface area contributed by atoms with Crippen molar-refractivity contribution in [3.8, 4) is 33.9 Å². The quantitative estimate of drug-likeness (QED) is 0.413. The average Bonchev–Trinajstić information content (AvgIpc) is 2.81. The molecule has 0 bridgehead atoms. The maximum Gasteiger partial charge on any atom is 0.267 e. The van der Waals surface area contributed by atoms with Gasteiger partial charge in [-0.3, -0.25) is 4.79 Å². The second kappa shape index (κ2) is 8.98. The molecule has 0 saturated carbocycles. The van der Waals surface area contributed by atoms with Gasteiger partial charge in [-0.15, -0.1) is 0 Å². The lowest BCUT2D eigenvalue weighted by molar-refractivity contribution is 0.119. The third kappa shape index (κ3) is 4.42. The molecule has 0 spiro atoms. The average molecular weight is 412 g/mol. The summed E-state index contributed by atoms with van der Waals surface area (Å²) in [5.41, 5.74) is 3.98. The number of rotatable bonds is 6. The molecule has 0 amide bonds. The summed E-state index contributed by atoms with van der Waals surface area (Å²) >= 11 is 0. The molecule has 1 atom stereocenters. The minimum Gasteiger partial charge on any atom is -0.457 e. The topological polar surface area (TPSA) is 53.4 Å². The minimum absolute atomic E-state index is 0.0587. The number of hydrogen-bond acceptors (Lipinski definition) is 4. The third-order valence-corrected chi connectivity index (χ3v) is 5.23. The van der Waals surface area contributed by atoms with Gasteiger partial charge in [0.15, 0.2) is 0 Å². The first-order chi connectivity index (χ1) is 15.1. The summed E-state index contributed by atoms with van der Waals surface area (Å²) < 4.78 is 13.0. The zero-order valence-corrected chi connectivity index (χ0v) is 17.8. The normalized spacial score (nSPS) is 11.8. The van der Waals surface area contributed by atoms with Crippen LogP contribution in [0.5, 0.6) is 11.5 Å². The third-order valence-electron chi connectivity index (χ3n) is 5.23. The van der Waals surface area contributed by atoms with Crippen LogP contribution in [-0.2, 0) is 11.8 Å². The Labute approximate surface area is 181 Å². The van der Waals surface area contributed by atoms with E-state index in [1.54, 1.807) is 20.2 Å². The Morgan fingerprint density at radius 2 is 1.61 bits per heavy atom. The van der Waals surface area contributed by atoms with Crippen LogP contribution in [0.3, 0.4) is 0 Å². The van der Waals surface area contributed by atoms with Crippen LogP contribution < -0.4 is 10.3 Å². The van der Waals surface area contributed by atoms with Crippen molar-refractivity contribution >= 4 is 0 Å². The lowest BCUT2D eigenvalue weighted by atomic mass is 9.97. The van der Waals surface area contributed by atoms with E-state index >= 15 is 0 Å². The fourth-order valence-electron chi connectivity index (χ4n) is 3.42. The molecule has 3 aromatic carbocycles. The highest BCUT2D eigenvalue weighted by Crippen LogP contribution is 2.37. The van der Waals surface area contributed by atoms with E-state index in [9.17, 15) is 4.79 Å². The molecule has 5 heteroatoms. The number of nitrogens with zero attached hydrogens (tertiary/aromatic N) is 2. The number of benzene rings is 3. The van der Waals surface area contributed by atoms with Crippen molar-refractivity contribution in [1.82, 2.24) is 9.78 Å². The molecule has 4 rings (SSSR count). The van der Waals surface area contributed by atoms with Crippen LogP contribution in [0.2, 0.25) is 0 Å². The largest absolute Gasteiger partial charge is 0.457 e. The maximum absolute atomic E-state index is 12.5. The Bertz CT molecular complexity index is 1250. The molecule has 4 aromatic rings. The molecule has 31 heavy (non-hydrogen) atoms. The lowest BCUT2D eigenvalue weighted by Gasteiger charge is -2.16. The molecule has 1 heterocycles. The fourth-order valence-corrected chi connectivity index (χ4v) is 3.42. The van der Waals surface area contributed by atoms with Crippen molar-refractivity contribution in [3.05, 3.63) is 101 Å². The summed E-state index contributed by atoms with van der Waals surface area (Å²) in [4.78, 5) is 12.5. The first-order valence-electron chi connectivity index (χ1n) is 10.1. The van der Waals surface area contributed by atoms with Gasteiger partial charge in [0, 0.05) is 31.4 Å². The van der Waals surface area contributed by atoms with E-state index in [1.165, 1.54) is 4.68 Å². The summed E-state index contributed by atoms with van der Waals surface area (Å²) in [5.74, 6) is 1.40. The molecule has 0 aliphatic rings. The van der Waals surface area contributed by atoms with E-state index in [4.69, 9.17) is 9.47 Å². The van der Waals surface area contributed by atoms with E-state index in [-0.39, 0.29) is 11.7 Å². The van der Waals surface area contributed by atoms with Gasteiger partial charge in [-0.2, -0.15) is 5.10 Å². The summed E-state index contributed by atoms with van der Waals surface area (Å²) in [7, 11) is 3.33. The van der Waals surface area contributed by atoms with Gasteiger partial charge in [0.1, 0.15) is 17.2 Å². The highest BCUT2D eigenvalue weighted by Gasteiger charge is 2.17. The van der Waals surface area contributed by atoms with Crippen molar-refractivity contribution in [1.29, 1.82) is 0 Å². The van der Waals surface area contributed by atoms with Crippen LogP contribution in [-0.4, -0.2) is 16.9 Å². The molecule has 0 radical (unpaired) electrons. The van der Waals surface area contributed by atoms with Crippen LogP contribution in [0, 0.1) is 0 Å². The molecule has 0 fully saturated rings. The first-order valence-corrected chi connectivity index (χ1v) is 10.1. The molecule has 1 unspecified atom stereocenters. The van der Waals surface area contributed by atoms with Crippen LogP contribution in [0.4, 0.5) is 0 Å². The molecule has 0 aliphatic heterocycles. The standard InChI is InChI=1S/C26H24N2O3/c1-18(30-3)19-10-9-11-20(16-19)23-17-25(29)28(2)27-26(23)22-14-7-8-15-24(22)31-21-12-5-4-6-13-21/h4-18H,1-3H3. The van der Waals surface area contributed by atoms with Gasteiger partial charge in [0.2, 0.25) is 0 Å². The Hall–Kier alpha value is -3.70. The number of aryl methyl sites for hydroxylation is 1. The number of aromatic nitrogens is 2. The zero-order chi connectivity index (χ0) is 21.8. The number of methoxy groups -OCH3 is 1. The van der Waals surface area contributed by atoms with Crippen LogP contribution >= 0.6 is 0 Å². The van der Waals surface area contributed by atoms with Crippen molar-refractivity contribution in [2.75, 3.05) is 7.11 Å². The molecule has 1 aromatic heterocycles. The van der Waals surface area contributed by atoms with Gasteiger partial charge in [-0.25, -0.2) is 4.68 Å². The SMILES string of the molecule is COC(C)c1cccc(-c2cc(=O)n(C)nc2-c2ccccc2Oc2ccccc2)c1. The van der Waals surface area contributed by atoms with Gasteiger partial charge < -0.3 is 9.47 Å². The Morgan fingerprint density at radius 3 is 2.39 bits per heavy atom. The molecular formula is C26H24N2O3. The predicted octanol–water partition coefficient (Wildman–Crippen LogP) is 5.61. The molecule has 156 valence electrons. The monoisotopic (exact) mass is 412 g/mol. The Morgan fingerprint density at radius 1 is 0.871 bits per heavy atom. The summed E-state index contributed by atoms with van der Waals surface area (Å²) in [6.45, 7) is 1.99. The van der Waals surface area contributed by atoms with Gasteiger partial charge in [0.25, 0.3) is 5.56 Å². The number of ether oxygens (including phenoxy) is 2. The maximum atomic E-state index is 12.5. The van der Waals surface area contributed by atoms with Crippen molar-refractivity contribution in [2.45, 2.75) is 13.0 Å². The van der Waals surface area contributed by atoms with E-state index in [1.807, 2.05) is 85.8 Å². The van der Waals surface area contributed by atoms with E-state index in [0.717, 1.165) is 28.0 Å². The summed E-state index contributed by atoms with van der Waals surface area (Å²) in [6, 6.07) is 26.9. The van der Waals surface area contributed by atoms with E-state index in [0.29, 0.717) is 11.4 Å². The van der Waals surface area contributed by atoms with Crippen molar-refractivity contribution in [3.63, 3.8) is 0 Å². The second-order valence-electron chi connectivity index (χ2n) is 7.28. The van der Waals surface area contributed by atoms with Gasteiger partial charge in [-0.05, 0) is 48.4 Å². The Balaban J connectivity index is 1.88. The van der Waals surface area contributed by atoms with Crippen molar-refractivity contribution < 1.29 is 9.47 Å². The Kier molecular flexibility index (Phi) is 5.96. The van der Waals surface area contributed by atoms with Crippen LogP contribution in [0.25, 0.3) is 22.4 Å². The second-order valence-corrected chi connectivity index (χ2v) is 7.28. The van der Waals surface area contributed by atoms with Gasteiger partial charge in [0.05, 0.1) is 6.10 Å². The number of hydrogen-bond donors (Lipinski definition) is 0. The molecule has 0 aliphatic carbocycles. The first kappa shape index (κ1) is 20.6. The van der Waals surface area contributed by atoms with Gasteiger partial charge in [-0.1, -0.05) is 48.5 Å². The fraction of sp³-hybridized carbons (Fsp3) is 0.154. The van der Waals surface area contributed by atoms with E-state index < -0.39 is 0 Å². The summed E-state index contributed by atoms with van der Waals surface area (Å²) in [6.07, 6.45) is -0.0587.